The molecule has 0 aromatic rings. The number of hydrogen-bond donors (Lipinski definition) is 2. The molecule has 1 unspecified atom stereocenters. The molecule has 2 saturated heterocycles. The average Bonchev–Trinajstić information content (AvgIpc) is 2.22. The van der Waals surface area contributed by atoms with Crippen LogP contribution in [0.1, 0.15) is 39.5 Å². The molecule has 0 spiro atoms. The Morgan fingerprint density at radius 1 is 1.23 bits per heavy atom. The lowest BCUT2D eigenvalue weighted by Crippen LogP contribution is -2.55. The second kappa shape index (κ2) is 4.61. The maximum atomic E-state index is 10.7. The van der Waals surface area contributed by atoms with Gasteiger partial charge in [0, 0.05) is 6.04 Å². The molecule has 3 heteroatoms. The molecule has 1 atom stereocenters. The van der Waals surface area contributed by atoms with E-state index in [0.29, 0.717) is 12.0 Å². The molecule has 3 rings (SSSR count). The molecule has 13 heavy (non-hydrogen) atoms. The number of carbonyl (C=O) groups is 1. The third kappa shape index (κ3) is 2.21. The van der Waals surface area contributed by atoms with E-state index < -0.39 is 5.97 Å². The van der Waals surface area contributed by atoms with Crippen molar-refractivity contribution >= 4 is 5.97 Å². The van der Waals surface area contributed by atoms with Gasteiger partial charge in [0.1, 0.15) is 6.04 Å². The zero-order chi connectivity index (χ0) is 9.84. The maximum absolute atomic E-state index is 10.7. The summed E-state index contributed by atoms with van der Waals surface area (Å²) in [5.41, 5.74) is 0. The summed E-state index contributed by atoms with van der Waals surface area (Å²) in [5, 5.41) is 12.0. The second-order valence-corrected chi connectivity index (χ2v) is 3.59. The van der Waals surface area contributed by atoms with E-state index in [0.717, 1.165) is 12.8 Å². The van der Waals surface area contributed by atoms with E-state index >= 15 is 0 Å². The van der Waals surface area contributed by atoms with Gasteiger partial charge in [-0.05, 0) is 31.6 Å². The standard InChI is InChI=1S/C8H13NO2.C2H6/c10-8(11)7-5-1-3-6(9-7)4-2-5;1-2/h5-7,9H,1-4H2,(H,10,11);1-2H3. The lowest BCUT2D eigenvalue weighted by Gasteiger charge is -2.41. The summed E-state index contributed by atoms with van der Waals surface area (Å²) in [6.45, 7) is 4.00. The highest BCUT2D eigenvalue weighted by Gasteiger charge is 2.38. The minimum atomic E-state index is -0.667. The molecule has 1 aliphatic carbocycles. The summed E-state index contributed by atoms with van der Waals surface area (Å²) < 4.78 is 0. The van der Waals surface area contributed by atoms with E-state index in [1.807, 2.05) is 13.8 Å². The maximum Gasteiger partial charge on any atom is 0.320 e. The minimum Gasteiger partial charge on any atom is -0.480 e. The third-order valence-corrected chi connectivity index (χ3v) is 2.92. The van der Waals surface area contributed by atoms with Crippen LogP contribution in [0, 0.1) is 5.92 Å². The molecule has 2 aliphatic heterocycles. The molecular weight excluding hydrogens is 166 g/mol. The number of piperidine rings is 2. The van der Waals surface area contributed by atoms with Crippen molar-refractivity contribution in [3.05, 3.63) is 0 Å². The normalized spacial score (nSPS) is 36.3. The number of hydrogen-bond acceptors (Lipinski definition) is 2. The van der Waals surface area contributed by atoms with Crippen LogP contribution in [-0.2, 0) is 4.79 Å². The number of carboxylic acid groups (broad SMARTS) is 1. The Morgan fingerprint density at radius 2 is 1.77 bits per heavy atom. The van der Waals surface area contributed by atoms with Gasteiger partial charge in [-0.15, -0.1) is 0 Å². The highest BCUT2D eigenvalue weighted by Crippen LogP contribution is 2.32. The van der Waals surface area contributed by atoms with Gasteiger partial charge in [0.15, 0.2) is 0 Å². The van der Waals surface area contributed by atoms with E-state index in [9.17, 15) is 4.79 Å². The van der Waals surface area contributed by atoms with Gasteiger partial charge >= 0.3 is 5.97 Å². The monoisotopic (exact) mass is 185 g/mol. The molecule has 76 valence electrons. The Hall–Kier alpha value is -0.570. The van der Waals surface area contributed by atoms with Gasteiger partial charge < -0.3 is 10.4 Å². The second-order valence-electron chi connectivity index (χ2n) is 3.59. The fourth-order valence-electron chi connectivity index (χ4n) is 2.28. The summed E-state index contributed by atoms with van der Waals surface area (Å²) in [6.07, 6.45) is 4.56. The summed E-state index contributed by atoms with van der Waals surface area (Å²) in [5.74, 6) is -0.267. The van der Waals surface area contributed by atoms with Crippen LogP contribution in [0.5, 0.6) is 0 Å². The molecule has 0 aromatic carbocycles. The lowest BCUT2D eigenvalue weighted by molar-refractivity contribution is -0.143. The smallest absolute Gasteiger partial charge is 0.320 e. The highest BCUT2D eigenvalue weighted by atomic mass is 16.4. The predicted molar refractivity (Wildman–Crippen MR) is 51.7 cm³/mol. The predicted octanol–water partition coefficient (Wildman–Crippen LogP) is 1.63. The number of rotatable bonds is 1. The summed E-state index contributed by atoms with van der Waals surface area (Å²) in [6, 6.07) is 0.239. The Balaban J connectivity index is 0.000000396. The van der Waals surface area contributed by atoms with Crippen molar-refractivity contribution in [2.24, 2.45) is 5.92 Å². The summed E-state index contributed by atoms with van der Waals surface area (Å²) >= 11 is 0. The summed E-state index contributed by atoms with van der Waals surface area (Å²) in [4.78, 5) is 10.7. The molecule has 3 aliphatic rings. The van der Waals surface area contributed by atoms with Crippen molar-refractivity contribution in [2.45, 2.75) is 51.6 Å². The first kappa shape index (κ1) is 10.5. The topological polar surface area (TPSA) is 49.3 Å². The average molecular weight is 185 g/mol. The molecule has 2 N–H and O–H groups in total. The van der Waals surface area contributed by atoms with E-state index in [4.69, 9.17) is 5.11 Å². The SMILES string of the molecule is CC.O=C(O)C1NC2CCC1CC2. The number of aliphatic carboxylic acids is 1. The first-order valence-electron chi connectivity index (χ1n) is 5.26. The van der Waals surface area contributed by atoms with Gasteiger partial charge in [0.2, 0.25) is 0 Å². The van der Waals surface area contributed by atoms with E-state index in [1.165, 1.54) is 12.8 Å². The lowest BCUT2D eigenvalue weighted by atomic mass is 9.76. The molecular formula is C10H19NO2. The van der Waals surface area contributed by atoms with E-state index in [-0.39, 0.29) is 6.04 Å². The number of fused-ring (bicyclic) bond motifs is 3. The van der Waals surface area contributed by atoms with Crippen molar-refractivity contribution in [3.8, 4) is 0 Å². The van der Waals surface area contributed by atoms with Gasteiger partial charge in [0.25, 0.3) is 0 Å². The zero-order valence-electron chi connectivity index (χ0n) is 8.42. The van der Waals surface area contributed by atoms with Crippen LogP contribution in [0.25, 0.3) is 0 Å². The van der Waals surface area contributed by atoms with Crippen molar-refractivity contribution in [1.82, 2.24) is 5.32 Å². The van der Waals surface area contributed by atoms with Gasteiger partial charge in [-0.2, -0.15) is 0 Å². The molecule has 2 bridgehead atoms. The highest BCUT2D eigenvalue weighted by molar-refractivity contribution is 5.74. The fraction of sp³-hybridized carbons (Fsp3) is 0.900. The number of carboxylic acids is 1. The van der Waals surface area contributed by atoms with Crippen LogP contribution in [0.4, 0.5) is 0 Å². The molecule has 1 saturated carbocycles. The zero-order valence-corrected chi connectivity index (χ0v) is 8.42. The third-order valence-electron chi connectivity index (χ3n) is 2.92. The van der Waals surface area contributed by atoms with Gasteiger partial charge in [-0.1, -0.05) is 13.8 Å². The Labute approximate surface area is 79.5 Å². The molecule has 3 fully saturated rings. The first-order chi connectivity index (χ1) is 6.27. The van der Waals surface area contributed by atoms with Crippen molar-refractivity contribution in [3.63, 3.8) is 0 Å². The van der Waals surface area contributed by atoms with Crippen LogP contribution in [0.3, 0.4) is 0 Å². The van der Waals surface area contributed by atoms with Crippen LogP contribution in [0.15, 0.2) is 0 Å². The minimum absolute atomic E-state index is 0.248. The fourth-order valence-corrected chi connectivity index (χ4v) is 2.28. The quantitative estimate of drug-likeness (QED) is 0.652. The Kier molecular flexibility index (Phi) is 3.72. The molecule has 2 heterocycles. The first-order valence-corrected chi connectivity index (χ1v) is 5.26. The molecule has 0 radical (unpaired) electrons. The van der Waals surface area contributed by atoms with Gasteiger partial charge in [0.05, 0.1) is 0 Å². The Bertz CT molecular complexity index is 174. The van der Waals surface area contributed by atoms with Gasteiger partial charge in [-0.25, -0.2) is 0 Å². The van der Waals surface area contributed by atoms with Crippen molar-refractivity contribution in [2.75, 3.05) is 0 Å². The van der Waals surface area contributed by atoms with Crippen molar-refractivity contribution < 1.29 is 9.90 Å². The largest absolute Gasteiger partial charge is 0.480 e. The van der Waals surface area contributed by atoms with Crippen LogP contribution >= 0.6 is 0 Å². The van der Waals surface area contributed by atoms with E-state index in [1.54, 1.807) is 0 Å². The Morgan fingerprint density at radius 3 is 2.00 bits per heavy atom. The van der Waals surface area contributed by atoms with Crippen LogP contribution in [0.2, 0.25) is 0 Å². The molecule has 0 aromatic heterocycles. The number of nitrogens with one attached hydrogen (secondary N) is 1. The van der Waals surface area contributed by atoms with Crippen LogP contribution < -0.4 is 5.32 Å². The van der Waals surface area contributed by atoms with Crippen molar-refractivity contribution in [1.29, 1.82) is 0 Å². The van der Waals surface area contributed by atoms with E-state index in [2.05, 4.69) is 5.32 Å². The van der Waals surface area contributed by atoms with Gasteiger partial charge in [-0.3, -0.25) is 4.79 Å². The molecule has 0 amide bonds. The summed E-state index contributed by atoms with van der Waals surface area (Å²) in [7, 11) is 0. The molecule has 3 nitrogen and oxygen atoms in total. The van der Waals surface area contributed by atoms with Crippen LogP contribution in [-0.4, -0.2) is 23.2 Å².